The van der Waals surface area contributed by atoms with Crippen LogP contribution in [0, 0.1) is 0 Å². The Hall–Kier alpha value is -2.99. The Morgan fingerprint density at radius 2 is 1.39 bits per heavy atom. The summed E-state index contributed by atoms with van der Waals surface area (Å²) in [5, 5.41) is 10.9. The van der Waals surface area contributed by atoms with E-state index in [4.69, 9.17) is 18.9 Å². The minimum Gasteiger partial charge on any atom is -0.497 e. The fourth-order valence-electron chi connectivity index (χ4n) is 3.98. The molecule has 2 rings (SSSR count). The van der Waals surface area contributed by atoms with Gasteiger partial charge in [-0.1, -0.05) is 70.4 Å². The van der Waals surface area contributed by atoms with E-state index in [9.17, 15) is 9.90 Å². The van der Waals surface area contributed by atoms with Crippen LogP contribution in [0.4, 0.5) is 0 Å². The lowest BCUT2D eigenvalue weighted by atomic mass is 10.1. The van der Waals surface area contributed by atoms with Crippen LogP contribution in [-0.4, -0.2) is 32.4 Å². The van der Waals surface area contributed by atoms with Gasteiger partial charge in [0.05, 0.1) is 21.3 Å². The van der Waals surface area contributed by atoms with Crippen LogP contribution in [0.2, 0.25) is 0 Å². The van der Waals surface area contributed by atoms with Crippen molar-refractivity contribution in [2.75, 3.05) is 21.3 Å². The summed E-state index contributed by atoms with van der Waals surface area (Å²) in [6, 6.07) is 10.5. The first kappa shape index (κ1) is 29.2. The van der Waals surface area contributed by atoms with Crippen molar-refractivity contribution >= 4 is 12.0 Å². The van der Waals surface area contributed by atoms with Gasteiger partial charge in [0.25, 0.3) is 0 Å². The molecule has 2 aromatic rings. The molecule has 6 heteroatoms. The van der Waals surface area contributed by atoms with Crippen LogP contribution in [0.5, 0.6) is 23.0 Å². The summed E-state index contributed by atoms with van der Waals surface area (Å²) >= 11 is 0. The molecule has 1 atom stereocenters. The Morgan fingerprint density at radius 1 is 0.806 bits per heavy atom. The van der Waals surface area contributed by atoms with E-state index in [-0.39, 0.29) is 5.97 Å². The maximum Gasteiger partial charge on any atom is 0.311 e. The number of aliphatic hydroxyl groups excluding tert-OH is 1. The van der Waals surface area contributed by atoms with Crippen molar-refractivity contribution in [2.24, 2.45) is 0 Å². The van der Waals surface area contributed by atoms with Gasteiger partial charge in [0.1, 0.15) is 29.1 Å². The molecule has 0 bridgehead atoms. The number of aliphatic hydroxyl groups is 1. The van der Waals surface area contributed by atoms with E-state index in [1.54, 1.807) is 57.7 Å². The Morgan fingerprint density at radius 3 is 2.00 bits per heavy atom. The quantitative estimate of drug-likeness (QED) is 0.140. The standard InChI is InChI=1S/C30H42O6/c1-5-6-7-8-9-10-11-12-13-14-30(32)36-29-22-25(34-3)18-19-26(29)27(31)20-16-23-15-17-24(33-2)21-28(23)35-4/h15-22,27,31H,5-14H2,1-4H3. The van der Waals surface area contributed by atoms with Gasteiger partial charge >= 0.3 is 5.97 Å². The third kappa shape index (κ3) is 9.94. The zero-order valence-electron chi connectivity index (χ0n) is 22.3. The number of hydrogen-bond acceptors (Lipinski definition) is 6. The van der Waals surface area contributed by atoms with Crippen molar-refractivity contribution in [3.63, 3.8) is 0 Å². The van der Waals surface area contributed by atoms with E-state index in [0.29, 0.717) is 35.0 Å². The molecule has 198 valence electrons. The minimum atomic E-state index is -0.988. The lowest BCUT2D eigenvalue weighted by molar-refractivity contribution is -0.134. The van der Waals surface area contributed by atoms with Gasteiger partial charge in [-0.3, -0.25) is 4.79 Å². The van der Waals surface area contributed by atoms with E-state index < -0.39 is 6.10 Å². The topological polar surface area (TPSA) is 74.2 Å². The second-order valence-electron chi connectivity index (χ2n) is 8.87. The zero-order valence-corrected chi connectivity index (χ0v) is 22.3. The maximum atomic E-state index is 12.5. The monoisotopic (exact) mass is 498 g/mol. The molecule has 0 saturated carbocycles. The average molecular weight is 499 g/mol. The van der Waals surface area contributed by atoms with Crippen molar-refractivity contribution in [3.05, 3.63) is 53.6 Å². The molecule has 0 aliphatic heterocycles. The van der Waals surface area contributed by atoms with E-state index in [1.165, 1.54) is 38.5 Å². The molecule has 1 unspecified atom stereocenters. The van der Waals surface area contributed by atoms with Gasteiger partial charge in [-0.15, -0.1) is 0 Å². The van der Waals surface area contributed by atoms with Crippen molar-refractivity contribution in [2.45, 2.75) is 77.2 Å². The van der Waals surface area contributed by atoms with Gasteiger partial charge in [-0.2, -0.15) is 0 Å². The average Bonchev–Trinajstić information content (AvgIpc) is 2.90. The van der Waals surface area contributed by atoms with Gasteiger partial charge in [-0.05, 0) is 30.7 Å². The largest absolute Gasteiger partial charge is 0.497 e. The van der Waals surface area contributed by atoms with Crippen LogP contribution >= 0.6 is 0 Å². The number of benzene rings is 2. The smallest absolute Gasteiger partial charge is 0.311 e. The number of rotatable bonds is 17. The number of methoxy groups -OCH3 is 3. The van der Waals surface area contributed by atoms with Crippen molar-refractivity contribution in [1.29, 1.82) is 0 Å². The van der Waals surface area contributed by atoms with Crippen LogP contribution in [0.1, 0.15) is 88.4 Å². The van der Waals surface area contributed by atoms with Gasteiger partial charge in [0, 0.05) is 29.7 Å². The van der Waals surface area contributed by atoms with Crippen molar-refractivity contribution in [3.8, 4) is 23.0 Å². The molecule has 0 heterocycles. The Labute approximate surface area is 216 Å². The van der Waals surface area contributed by atoms with E-state index in [0.717, 1.165) is 24.8 Å². The summed E-state index contributed by atoms with van der Waals surface area (Å²) in [5.74, 6) is 1.85. The van der Waals surface area contributed by atoms with Crippen LogP contribution in [0.15, 0.2) is 42.5 Å². The van der Waals surface area contributed by atoms with Crippen LogP contribution in [0.25, 0.3) is 6.08 Å². The summed E-state index contributed by atoms with van der Waals surface area (Å²) in [6.07, 6.45) is 13.4. The molecule has 0 amide bonds. The SMILES string of the molecule is CCCCCCCCCCCC(=O)Oc1cc(OC)ccc1C(O)C=Cc1ccc(OC)cc1OC. The fourth-order valence-corrected chi connectivity index (χ4v) is 3.98. The third-order valence-corrected chi connectivity index (χ3v) is 6.15. The van der Waals surface area contributed by atoms with Crippen molar-refractivity contribution < 1.29 is 28.8 Å². The zero-order chi connectivity index (χ0) is 26.2. The Bertz CT molecular complexity index is 952. The first-order chi connectivity index (χ1) is 17.5. The highest BCUT2D eigenvalue weighted by molar-refractivity contribution is 5.73. The summed E-state index contributed by atoms with van der Waals surface area (Å²) in [7, 11) is 4.72. The molecule has 6 nitrogen and oxygen atoms in total. The predicted molar refractivity (Wildman–Crippen MR) is 144 cm³/mol. The van der Waals surface area contributed by atoms with Gasteiger partial charge in [-0.25, -0.2) is 0 Å². The second kappa shape index (κ2) is 16.6. The number of esters is 1. The number of unbranched alkanes of at least 4 members (excludes halogenated alkanes) is 8. The van der Waals surface area contributed by atoms with Gasteiger partial charge in [0.15, 0.2) is 0 Å². The Kier molecular flexibility index (Phi) is 13.5. The molecule has 36 heavy (non-hydrogen) atoms. The highest BCUT2D eigenvalue weighted by Gasteiger charge is 2.16. The molecular weight excluding hydrogens is 456 g/mol. The Balaban J connectivity index is 1.96. The fraction of sp³-hybridized carbons (Fsp3) is 0.500. The normalized spacial score (nSPS) is 11.9. The molecule has 0 spiro atoms. The summed E-state index contributed by atoms with van der Waals surface area (Å²) < 4.78 is 21.6. The maximum absolute atomic E-state index is 12.5. The number of carbonyl (C=O) groups excluding carboxylic acids is 1. The van der Waals surface area contributed by atoms with E-state index >= 15 is 0 Å². The van der Waals surface area contributed by atoms with Crippen LogP contribution < -0.4 is 18.9 Å². The van der Waals surface area contributed by atoms with E-state index in [2.05, 4.69) is 6.92 Å². The highest BCUT2D eigenvalue weighted by atomic mass is 16.5. The molecule has 0 saturated heterocycles. The van der Waals surface area contributed by atoms with E-state index in [1.807, 2.05) is 12.1 Å². The molecule has 1 N–H and O–H groups in total. The lowest BCUT2D eigenvalue weighted by Gasteiger charge is -2.15. The number of ether oxygens (including phenoxy) is 4. The third-order valence-electron chi connectivity index (χ3n) is 6.15. The molecule has 2 aromatic carbocycles. The molecule has 0 fully saturated rings. The second-order valence-corrected chi connectivity index (χ2v) is 8.87. The lowest BCUT2D eigenvalue weighted by Crippen LogP contribution is -2.10. The molecule has 0 aromatic heterocycles. The minimum absolute atomic E-state index is 0.300. The number of carbonyl (C=O) groups is 1. The first-order valence-corrected chi connectivity index (χ1v) is 13.0. The molecule has 0 aliphatic rings. The van der Waals surface area contributed by atoms with Crippen molar-refractivity contribution in [1.82, 2.24) is 0 Å². The first-order valence-electron chi connectivity index (χ1n) is 13.0. The van der Waals surface area contributed by atoms with Crippen LogP contribution in [0.3, 0.4) is 0 Å². The summed E-state index contributed by atoms with van der Waals surface area (Å²) in [4.78, 5) is 12.5. The molecular formula is C30H42O6. The summed E-state index contributed by atoms with van der Waals surface area (Å²) in [6.45, 7) is 2.23. The summed E-state index contributed by atoms with van der Waals surface area (Å²) in [5.41, 5.74) is 1.27. The molecule has 0 aliphatic carbocycles. The number of hydrogen-bond donors (Lipinski definition) is 1. The van der Waals surface area contributed by atoms with Crippen LogP contribution in [-0.2, 0) is 4.79 Å². The van der Waals surface area contributed by atoms with Gasteiger partial charge in [0.2, 0.25) is 0 Å². The molecule has 0 radical (unpaired) electrons. The van der Waals surface area contributed by atoms with Gasteiger partial charge < -0.3 is 24.1 Å². The predicted octanol–water partition coefficient (Wildman–Crippen LogP) is 7.29. The highest BCUT2D eigenvalue weighted by Crippen LogP contribution is 2.32.